The number of hydrogen-bond acceptors (Lipinski definition) is 4. The van der Waals surface area contributed by atoms with E-state index in [1.165, 1.54) is 0 Å². The molecule has 98 valence electrons. The molecule has 0 bridgehead atoms. The second kappa shape index (κ2) is 5.35. The highest BCUT2D eigenvalue weighted by molar-refractivity contribution is 5.76. The van der Waals surface area contributed by atoms with E-state index in [9.17, 15) is 9.59 Å². The van der Waals surface area contributed by atoms with E-state index in [-0.39, 0.29) is 18.5 Å². The molecule has 0 atom stereocenters. The second-order valence-electron chi connectivity index (χ2n) is 5.21. The zero-order chi connectivity index (χ0) is 13.1. The van der Waals surface area contributed by atoms with Crippen LogP contribution in [-0.2, 0) is 9.53 Å². The summed E-state index contributed by atoms with van der Waals surface area (Å²) in [4.78, 5) is 26.1. The van der Waals surface area contributed by atoms with E-state index in [2.05, 4.69) is 0 Å². The first kappa shape index (κ1) is 13.8. The minimum absolute atomic E-state index is 0.252. The number of hydrogen-bond donors (Lipinski definition) is 1. The summed E-state index contributed by atoms with van der Waals surface area (Å²) in [6, 6.07) is 0. The van der Waals surface area contributed by atoms with Gasteiger partial charge in [-0.25, -0.2) is 4.79 Å². The molecule has 1 aliphatic heterocycles. The number of primary amides is 1. The molecule has 0 radical (unpaired) electrons. The Labute approximate surface area is 102 Å². The van der Waals surface area contributed by atoms with Gasteiger partial charge < -0.3 is 15.4 Å². The van der Waals surface area contributed by atoms with Gasteiger partial charge in [0.1, 0.15) is 5.60 Å². The van der Waals surface area contributed by atoms with Crippen molar-refractivity contribution >= 4 is 12.0 Å². The standard InChI is InChI=1S/C11H21N3O3/c1-11(2,3)17-10(16)14-6-4-13(5-7-14)8-9(12)15/h4-8H2,1-3H3,(H2,12,15). The van der Waals surface area contributed by atoms with Gasteiger partial charge in [0.15, 0.2) is 0 Å². The zero-order valence-electron chi connectivity index (χ0n) is 10.7. The van der Waals surface area contributed by atoms with Crippen molar-refractivity contribution in [1.82, 2.24) is 9.80 Å². The Kier molecular flexibility index (Phi) is 4.34. The molecular weight excluding hydrogens is 222 g/mol. The summed E-state index contributed by atoms with van der Waals surface area (Å²) in [5.41, 5.74) is 4.64. The lowest BCUT2D eigenvalue weighted by Crippen LogP contribution is -2.51. The monoisotopic (exact) mass is 243 g/mol. The fraction of sp³-hybridized carbons (Fsp3) is 0.818. The summed E-state index contributed by atoms with van der Waals surface area (Å²) >= 11 is 0. The van der Waals surface area contributed by atoms with E-state index in [1.807, 2.05) is 25.7 Å². The molecular formula is C11H21N3O3. The van der Waals surface area contributed by atoms with E-state index >= 15 is 0 Å². The van der Waals surface area contributed by atoms with Gasteiger partial charge in [0.2, 0.25) is 5.91 Å². The van der Waals surface area contributed by atoms with Crippen LogP contribution in [0, 0.1) is 0 Å². The second-order valence-corrected chi connectivity index (χ2v) is 5.21. The maximum Gasteiger partial charge on any atom is 0.410 e. The summed E-state index contributed by atoms with van der Waals surface area (Å²) in [5, 5.41) is 0. The molecule has 0 spiro atoms. The number of amides is 2. The smallest absolute Gasteiger partial charge is 0.410 e. The van der Waals surface area contributed by atoms with Crippen LogP contribution >= 0.6 is 0 Å². The lowest BCUT2D eigenvalue weighted by molar-refractivity contribution is -0.119. The van der Waals surface area contributed by atoms with E-state index in [4.69, 9.17) is 10.5 Å². The molecule has 0 saturated carbocycles. The normalized spacial score (nSPS) is 17.9. The van der Waals surface area contributed by atoms with E-state index in [0.717, 1.165) is 0 Å². The third-order valence-corrected chi connectivity index (χ3v) is 2.40. The summed E-state index contributed by atoms with van der Waals surface area (Å²) < 4.78 is 5.27. The molecule has 0 aromatic carbocycles. The van der Waals surface area contributed by atoms with Crippen LogP contribution in [0.25, 0.3) is 0 Å². The Morgan fingerprint density at radius 1 is 1.18 bits per heavy atom. The number of piperazine rings is 1. The van der Waals surface area contributed by atoms with Crippen molar-refractivity contribution in [2.24, 2.45) is 5.73 Å². The molecule has 2 N–H and O–H groups in total. The van der Waals surface area contributed by atoms with E-state index in [1.54, 1.807) is 4.90 Å². The van der Waals surface area contributed by atoms with Crippen molar-refractivity contribution in [3.05, 3.63) is 0 Å². The molecule has 0 aliphatic carbocycles. The molecule has 17 heavy (non-hydrogen) atoms. The fourth-order valence-corrected chi connectivity index (χ4v) is 1.64. The van der Waals surface area contributed by atoms with Crippen LogP contribution in [0.1, 0.15) is 20.8 Å². The highest BCUT2D eigenvalue weighted by atomic mass is 16.6. The Hall–Kier alpha value is -1.30. The average Bonchev–Trinajstić information content (AvgIpc) is 2.15. The minimum Gasteiger partial charge on any atom is -0.444 e. The third kappa shape index (κ3) is 5.04. The quantitative estimate of drug-likeness (QED) is 0.742. The maximum absolute atomic E-state index is 11.7. The summed E-state index contributed by atoms with van der Waals surface area (Å²) in [7, 11) is 0. The van der Waals surface area contributed by atoms with Gasteiger partial charge in [0.25, 0.3) is 0 Å². The molecule has 0 unspecified atom stereocenters. The van der Waals surface area contributed by atoms with Gasteiger partial charge in [-0.15, -0.1) is 0 Å². The molecule has 1 rings (SSSR count). The van der Waals surface area contributed by atoms with Gasteiger partial charge in [-0.2, -0.15) is 0 Å². The summed E-state index contributed by atoms with van der Waals surface area (Å²) in [5.74, 6) is -0.337. The largest absolute Gasteiger partial charge is 0.444 e. The summed E-state index contributed by atoms with van der Waals surface area (Å²) in [6.45, 7) is 8.23. The van der Waals surface area contributed by atoms with Crippen LogP contribution in [0.15, 0.2) is 0 Å². The molecule has 2 amide bonds. The molecule has 0 aromatic rings. The molecule has 0 aromatic heterocycles. The molecule has 6 heteroatoms. The first-order chi connectivity index (χ1) is 7.78. The summed E-state index contributed by atoms with van der Waals surface area (Å²) in [6.07, 6.45) is -0.295. The van der Waals surface area contributed by atoms with Gasteiger partial charge in [-0.05, 0) is 20.8 Å². The van der Waals surface area contributed by atoms with Crippen LogP contribution in [0.5, 0.6) is 0 Å². The lowest BCUT2D eigenvalue weighted by atomic mass is 10.2. The average molecular weight is 243 g/mol. The van der Waals surface area contributed by atoms with Gasteiger partial charge in [-0.1, -0.05) is 0 Å². The Bertz CT molecular complexity index is 291. The number of nitrogens with zero attached hydrogens (tertiary/aromatic N) is 2. The number of carbonyl (C=O) groups excluding carboxylic acids is 2. The van der Waals surface area contributed by atoms with Crippen molar-refractivity contribution in [2.45, 2.75) is 26.4 Å². The van der Waals surface area contributed by atoms with Gasteiger partial charge in [0.05, 0.1) is 6.54 Å². The van der Waals surface area contributed by atoms with Crippen LogP contribution in [-0.4, -0.2) is 60.1 Å². The SMILES string of the molecule is CC(C)(C)OC(=O)N1CCN(CC(N)=O)CC1. The van der Waals surface area contributed by atoms with Gasteiger partial charge in [0, 0.05) is 26.2 Å². The molecule has 1 fully saturated rings. The predicted octanol–water partition coefficient (Wildman–Crippen LogP) is 0.0244. The Morgan fingerprint density at radius 2 is 1.71 bits per heavy atom. The number of nitrogens with two attached hydrogens (primary N) is 1. The lowest BCUT2D eigenvalue weighted by Gasteiger charge is -2.34. The van der Waals surface area contributed by atoms with Crippen molar-refractivity contribution in [3.8, 4) is 0 Å². The van der Waals surface area contributed by atoms with Gasteiger partial charge >= 0.3 is 6.09 Å². The van der Waals surface area contributed by atoms with Crippen LogP contribution < -0.4 is 5.73 Å². The fourth-order valence-electron chi connectivity index (χ4n) is 1.64. The predicted molar refractivity (Wildman–Crippen MR) is 63.4 cm³/mol. The number of ether oxygens (including phenoxy) is 1. The van der Waals surface area contributed by atoms with Crippen LogP contribution in [0.3, 0.4) is 0 Å². The third-order valence-electron chi connectivity index (χ3n) is 2.40. The Balaban J connectivity index is 2.36. The number of rotatable bonds is 2. The van der Waals surface area contributed by atoms with Crippen LogP contribution in [0.2, 0.25) is 0 Å². The van der Waals surface area contributed by atoms with Crippen LogP contribution in [0.4, 0.5) is 4.79 Å². The molecule has 1 saturated heterocycles. The minimum atomic E-state index is -0.471. The van der Waals surface area contributed by atoms with Crippen molar-refractivity contribution in [1.29, 1.82) is 0 Å². The maximum atomic E-state index is 11.7. The van der Waals surface area contributed by atoms with Crippen molar-refractivity contribution < 1.29 is 14.3 Å². The Morgan fingerprint density at radius 3 is 2.12 bits per heavy atom. The highest BCUT2D eigenvalue weighted by Crippen LogP contribution is 2.11. The number of carbonyl (C=O) groups is 2. The molecule has 1 aliphatic rings. The highest BCUT2D eigenvalue weighted by Gasteiger charge is 2.25. The zero-order valence-corrected chi connectivity index (χ0v) is 10.7. The molecule has 1 heterocycles. The van der Waals surface area contributed by atoms with Crippen molar-refractivity contribution in [2.75, 3.05) is 32.7 Å². The van der Waals surface area contributed by atoms with Gasteiger partial charge in [-0.3, -0.25) is 9.69 Å². The van der Waals surface area contributed by atoms with Crippen molar-refractivity contribution in [3.63, 3.8) is 0 Å². The first-order valence-corrected chi connectivity index (χ1v) is 5.76. The topological polar surface area (TPSA) is 75.9 Å². The molecule has 6 nitrogen and oxygen atoms in total. The van der Waals surface area contributed by atoms with E-state index in [0.29, 0.717) is 26.2 Å². The van der Waals surface area contributed by atoms with E-state index < -0.39 is 5.60 Å². The first-order valence-electron chi connectivity index (χ1n) is 5.76.